The average Bonchev–Trinajstić information content (AvgIpc) is 2.86. The molecule has 0 aromatic heterocycles. The third kappa shape index (κ3) is 5.92. The fourth-order valence-electron chi connectivity index (χ4n) is 3.58. The molecule has 176 valence electrons. The topological polar surface area (TPSA) is 126 Å². The molecule has 33 heavy (non-hydrogen) atoms. The molecule has 1 saturated heterocycles. The molecule has 1 unspecified atom stereocenters. The number of amides is 4. The molecule has 0 bridgehead atoms. The Morgan fingerprint density at radius 3 is 2.42 bits per heavy atom. The maximum absolute atomic E-state index is 13.1. The summed E-state index contributed by atoms with van der Waals surface area (Å²) in [6, 6.07) is 12.4. The predicted molar refractivity (Wildman–Crippen MR) is 123 cm³/mol. The Bertz CT molecular complexity index is 999. The van der Waals surface area contributed by atoms with E-state index in [0.717, 1.165) is 0 Å². The Morgan fingerprint density at radius 2 is 1.73 bits per heavy atom. The molecule has 2 aromatic carbocycles. The molecule has 0 radical (unpaired) electrons. The van der Waals surface area contributed by atoms with Crippen LogP contribution in [0.25, 0.3) is 0 Å². The minimum Gasteiger partial charge on any atom is -0.497 e. The molecule has 1 heterocycles. The average molecular weight is 456 g/mol. The number of urea groups is 1. The molecule has 1 atom stereocenters. The Labute approximate surface area is 192 Å². The van der Waals surface area contributed by atoms with Gasteiger partial charge in [0.05, 0.1) is 20.8 Å². The summed E-state index contributed by atoms with van der Waals surface area (Å²) >= 11 is 0. The number of rotatable bonds is 7. The highest BCUT2D eigenvalue weighted by Gasteiger charge is 2.37. The highest BCUT2D eigenvalue weighted by Crippen LogP contribution is 2.20. The fourth-order valence-corrected chi connectivity index (χ4v) is 3.58. The van der Waals surface area contributed by atoms with E-state index in [2.05, 4.69) is 10.6 Å². The first-order chi connectivity index (χ1) is 16.0. The van der Waals surface area contributed by atoms with Crippen LogP contribution in [-0.2, 0) is 4.79 Å². The Hall–Kier alpha value is -3.79. The van der Waals surface area contributed by atoms with Gasteiger partial charge in [0.15, 0.2) is 0 Å². The van der Waals surface area contributed by atoms with E-state index in [4.69, 9.17) is 15.2 Å². The third-order valence-corrected chi connectivity index (χ3v) is 5.31. The molecule has 2 aromatic rings. The third-order valence-electron chi connectivity index (χ3n) is 5.31. The van der Waals surface area contributed by atoms with Crippen LogP contribution >= 0.6 is 0 Å². The van der Waals surface area contributed by atoms with Crippen molar-refractivity contribution >= 4 is 23.5 Å². The molecule has 10 nitrogen and oxygen atoms in total. The van der Waals surface area contributed by atoms with Crippen molar-refractivity contribution < 1.29 is 23.9 Å². The lowest BCUT2D eigenvalue weighted by molar-refractivity contribution is -0.126. The fraction of sp³-hybridized carbons (Fsp3) is 0.348. The standard InChI is InChI=1S/C23H29N5O5/c1-32-18-7-3-5-16(13-18)22(30)27-11-12-28(20(15-27)21(29)25-10-9-24)23(31)26-17-6-4-8-19(14-17)33-2/h3-8,13-14,20H,9-12,15,24H2,1-2H3,(H,25,29)(H,26,31). The van der Waals surface area contributed by atoms with Crippen LogP contribution in [-0.4, -0.2) is 80.6 Å². The highest BCUT2D eigenvalue weighted by atomic mass is 16.5. The molecule has 4 amide bonds. The molecule has 1 fully saturated rings. The summed E-state index contributed by atoms with van der Waals surface area (Å²) in [6.45, 7) is 1.05. The second-order valence-electron chi connectivity index (χ2n) is 7.43. The number of benzene rings is 2. The lowest BCUT2D eigenvalue weighted by atomic mass is 10.1. The number of carbonyl (C=O) groups is 3. The van der Waals surface area contributed by atoms with E-state index in [1.54, 1.807) is 53.4 Å². The van der Waals surface area contributed by atoms with Crippen molar-refractivity contribution in [1.29, 1.82) is 0 Å². The smallest absolute Gasteiger partial charge is 0.322 e. The molecular weight excluding hydrogens is 426 g/mol. The van der Waals surface area contributed by atoms with E-state index in [1.165, 1.54) is 19.1 Å². The molecule has 0 spiro atoms. The van der Waals surface area contributed by atoms with Gasteiger partial charge in [0.2, 0.25) is 5.91 Å². The molecule has 3 rings (SSSR count). The number of hydrogen-bond acceptors (Lipinski definition) is 6. The number of nitrogens with zero attached hydrogens (tertiary/aromatic N) is 2. The van der Waals surface area contributed by atoms with E-state index in [1.807, 2.05) is 0 Å². The number of piperazine rings is 1. The first-order valence-electron chi connectivity index (χ1n) is 10.6. The normalized spacial score (nSPS) is 15.5. The lowest BCUT2D eigenvalue weighted by Gasteiger charge is -2.40. The summed E-state index contributed by atoms with van der Waals surface area (Å²) in [5, 5.41) is 5.52. The van der Waals surface area contributed by atoms with Gasteiger partial charge in [-0.15, -0.1) is 0 Å². The van der Waals surface area contributed by atoms with Crippen molar-refractivity contribution in [1.82, 2.24) is 15.1 Å². The number of nitrogens with two attached hydrogens (primary N) is 1. The van der Waals surface area contributed by atoms with E-state index in [0.29, 0.717) is 22.7 Å². The minimum absolute atomic E-state index is 0.0536. The van der Waals surface area contributed by atoms with Gasteiger partial charge in [0.25, 0.3) is 5.91 Å². The van der Waals surface area contributed by atoms with E-state index in [-0.39, 0.29) is 44.5 Å². The van der Waals surface area contributed by atoms with Gasteiger partial charge in [-0.05, 0) is 30.3 Å². The maximum Gasteiger partial charge on any atom is 0.322 e. The van der Waals surface area contributed by atoms with E-state index < -0.39 is 12.1 Å². The largest absolute Gasteiger partial charge is 0.497 e. The zero-order valence-electron chi connectivity index (χ0n) is 18.7. The van der Waals surface area contributed by atoms with E-state index in [9.17, 15) is 14.4 Å². The van der Waals surface area contributed by atoms with Crippen LogP contribution in [0.1, 0.15) is 10.4 Å². The SMILES string of the molecule is COc1cccc(NC(=O)N2CCN(C(=O)c3cccc(OC)c3)CC2C(=O)NCCN)c1. The Morgan fingerprint density at radius 1 is 1.03 bits per heavy atom. The lowest BCUT2D eigenvalue weighted by Crippen LogP contribution is -2.62. The van der Waals surface area contributed by atoms with Crippen molar-refractivity contribution in [3.05, 3.63) is 54.1 Å². The van der Waals surface area contributed by atoms with Crippen LogP contribution < -0.4 is 25.8 Å². The van der Waals surface area contributed by atoms with Gasteiger partial charge in [-0.2, -0.15) is 0 Å². The van der Waals surface area contributed by atoms with Crippen LogP contribution in [0.15, 0.2) is 48.5 Å². The van der Waals surface area contributed by atoms with Crippen molar-refractivity contribution in [3.8, 4) is 11.5 Å². The molecule has 1 aliphatic rings. The van der Waals surface area contributed by atoms with Gasteiger partial charge in [-0.3, -0.25) is 9.59 Å². The van der Waals surface area contributed by atoms with Crippen LogP contribution in [0.5, 0.6) is 11.5 Å². The number of methoxy groups -OCH3 is 2. The number of nitrogens with one attached hydrogen (secondary N) is 2. The quantitative estimate of drug-likeness (QED) is 0.575. The second kappa shape index (κ2) is 11.2. The van der Waals surface area contributed by atoms with Crippen LogP contribution in [0.3, 0.4) is 0 Å². The van der Waals surface area contributed by atoms with Crippen LogP contribution in [0.4, 0.5) is 10.5 Å². The summed E-state index contributed by atoms with van der Waals surface area (Å²) in [4.78, 5) is 42.0. The molecule has 1 aliphatic heterocycles. The summed E-state index contributed by atoms with van der Waals surface area (Å²) in [7, 11) is 3.07. The molecule has 10 heteroatoms. The van der Waals surface area contributed by atoms with Crippen molar-refractivity contribution in [3.63, 3.8) is 0 Å². The van der Waals surface area contributed by atoms with Crippen LogP contribution in [0, 0.1) is 0 Å². The second-order valence-corrected chi connectivity index (χ2v) is 7.43. The zero-order valence-corrected chi connectivity index (χ0v) is 18.7. The number of ether oxygens (including phenoxy) is 2. The minimum atomic E-state index is -0.870. The van der Waals surface area contributed by atoms with Crippen molar-refractivity contribution in [2.24, 2.45) is 5.73 Å². The van der Waals surface area contributed by atoms with Crippen LogP contribution in [0.2, 0.25) is 0 Å². The summed E-state index contributed by atoms with van der Waals surface area (Å²) in [6.07, 6.45) is 0. The number of carbonyl (C=O) groups excluding carboxylic acids is 3. The summed E-state index contributed by atoms with van der Waals surface area (Å²) < 4.78 is 10.4. The molecule has 4 N–H and O–H groups in total. The first kappa shape index (κ1) is 23.9. The van der Waals surface area contributed by atoms with Crippen molar-refractivity contribution in [2.75, 3.05) is 52.3 Å². The maximum atomic E-state index is 13.1. The van der Waals surface area contributed by atoms with Gasteiger partial charge < -0.3 is 35.6 Å². The number of hydrogen-bond donors (Lipinski definition) is 3. The monoisotopic (exact) mass is 455 g/mol. The molecular formula is C23H29N5O5. The molecule has 0 aliphatic carbocycles. The van der Waals surface area contributed by atoms with Gasteiger partial charge >= 0.3 is 6.03 Å². The highest BCUT2D eigenvalue weighted by molar-refractivity contribution is 5.97. The van der Waals surface area contributed by atoms with Crippen molar-refractivity contribution in [2.45, 2.75) is 6.04 Å². The van der Waals surface area contributed by atoms with Gasteiger partial charge in [0, 0.05) is 43.5 Å². The summed E-state index contributed by atoms with van der Waals surface area (Å²) in [5.41, 5.74) is 6.50. The van der Waals surface area contributed by atoms with E-state index >= 15 is 0 Å². The zero-order chi connectivity index (χ0) is 23.8. The molecule has 0 saturated carbocycles. The summed E-state index contributed by atoms with van der Waals surface area (Å²) in [5.74, 6) is 0.552. The Balaban J connectivity index is 1.77. The van der Waals surface area contributed by atoms with Gasteiger partial charge in [-0.25, -0.2) is 4.79 Å². The van der Waals surface area contributed by atoms with Gasteiger partial charge in [0.1, 0.15) is 17.5 Å². The van der Waals surface area contributed by atoms with Gasteiger partial charge in [-0.1, -0.05) is 12.1 Å². The predicted octanol–water partition coefficient (Wildman–Crippen LogP) is 1.14. The first-order valence-corrected chi connectivity index (χ1v) is 10.6. The number of anilines is 1. The Kier molecular flexibility index (Phi) is 8.09.